The van der Waals surface area contributed by atoms with Crippen LogP contribution in [0.2, 0.25) is 0 Å². The van der Waals surface area contributed by atoms with Crippen LogP contribution in [0, 0.1) is 11.8 Å². The van der Waals surface area contributed by atoms with Crippen LogP contribution < -0.4 is 5.32 Å². The maximum absolute atomic E-state index is 12.7. The molecule has 0 unspecified atom stereocenters. The van der Waals surface area contributed by atoms with Crippen molar-refractivity contribution in [2.75, 3.05) is 0 Å². The summed E-state index contributed by atoms with van der Waals surface area (Å²) in [7, 11) is 0. The molecule has 1 fully saturated rings. The van der Waals surface area contributed by atoms with Gasteiger partial charge in [0, 0.05) is 17.2 Å². The van der Waals surface area contributed by atoms with Crippen molar-refractivity contribution in [2.45, 2.75) is 39.2 Å². The summed E-state index contributed by atoms with van der Waals surface area (Å²) in [6, 6.07) is 7.05. The molecule has 3 atom stereocenters. The lowest BCUT2D eigenvalue weighted by molar-refractivity contribution is 0.0966. The zero-order valence-corrected chi connectivity index (χ0v) is 13.6. The zero-order chi connectivity index (χ0) is 15.9. The molecular formula is C18H20ClNO2. The Morgan fingerprint density at radius 2 is 1.68 bits per heavy atom. The Morgan fingerprint density at radius 3 is 2.36 bits per heavy atom. The SMILES string of the molecule is C[C@@H]1[C@H](C)CCC[C@@H]1NC1=C(Cl)C(=O)c2ccccc2C1=O. The summed E-state index contributed by atoms with van der Waals surface area (Å²) in [4.78, 5) is 25.1. The van der Waals surface area contributed by atoms with Crippen LogP contribution in [-0.2, 0) is 0 Å². The Labute approximate surface area is 135 Å². The van der Waals surface area contributed by atoms with E-state index in [4.69, 9.17) is 11.6 Å². The summed E-state index contributed by atoms with van der Waals surface area (Å²) in [6.07, 6.45) is 3.34. The summed E-state index contributed by atoms with van der Waals surface area (Å²) in [5.41, 5.74) is 1.11. The third kappa shape index (κ3) is 2.48. The van der Waals surface area contributed by atoms with E-state index in [0.717, 1.165) is 12.8 Å². The van der Waals surface area contributed by atoms with Crippen molar-refractivity contribution in [3.63, 3.8) is 0 Å². The summed E-state index contributed by atoms with van der Waals surface area (Å²) in [5, 5.41) is 3.31. The van der Waals surface area contributed by atoms with Crippen LogP contribution in [0.4, 0.5) is 0 Å². The lowest BCUT2D eigenvalue weighted by Crippen LogP contribution is -2.43. The number of hydrogen-bond acceptors (Lipinski definition) is 3. The van der Waals surface area contributed by atoms with Crippen molar-refractivity contribution < 1.29 is 9.59 Å². The first kappa shape index (κ1) is 15.3. The van der Waals surface area contributed by atoms with Crippen molar-refractivity contribution in [3.8, 4) is 0 Å². The van der Waals surface area contributed by atoms with Crippen LogP contribution >= 0.6 is 11.6 Å². The van der Waals surface area contributed by atoms with E-state index in [1.807, 2.05) is 0 Å². The van der Waals surface area contributed by atoms with Gasteiger partial charge < -0.3 is 5.32 Å². The van der Waals surface area contributed by atoms with Gasteiger partial charge in [-0.15, -0.1) is 0 Å². The van der Waals surface area contributed by atoms with Gasteiger partial charge in [0.2, 0.25) is 11.6 Å². The lowest BCUT2D eigenvalue weighted by atomic mass is 9.77. The number of fused-ring (bicyclic) bond motifs is 1. The van der Waals surface area contributed by atoms with Crippen molar-refractivity contribution in [2.24, 2.45) is 11.8 Å². The number of carbonyl (C=O) groups excluding carboxylic acids is 2. The largest absolute Gasteiger partial charge is 0.378 e. The Hall–Kier alpha value is -1.61. The first-order chi connectivity index (χ1) is 10.5. The van der Waals surface area contributed by atoms with E-state index in [-0.39, 0.29) is 28.3 Å². The number of Topliss-reactive ketones (excluding diaryl/α,β-unsaturated/α-hetero) is 2. The second-order valence-electron chi connectivity index (χ2n) is 6.41. The Balaban J connectivity index is 1.92. The van der Waals surface area contributed by atoms with E-state index >= 15 is 0 Å². The van der Waals surface area contributed by atoms with Crippen molar-refractivity contribution in [1.29, 1.82) is 0 Å². The van der Waals surface area contributed by atoms with E-state index in [1.54, 1.807) is 24.3 Å². The molecule has 3 nitrogen and oxygen atoms in total. The molecule has 0 bridgehead atoms. The predicted molar refractivity (Wildman–Crippen MR) is 87.1 cm³/mol. The minimum Gasteiger partial charge on any atom is -0.378 e. The highest BCUT2D eigenvalue weighted by atomic mass is 35.5. The first-order valence-electron chi connectivity index (χ1n) is 7.85. The molecule has 1 aromatic rings. The second kappa shape index (κ2) is 5.88. The van der Waals surface area contributed by atoms with Crippen LogP contribution in [0.25, 0.3) is 0 Å². The zero-order valence-electron chi connectivity index (χ0n) is 12.9. The van der Waals surface area contributed by atoms with Gasteiger partial charge >= 0.3 is 0 Å². The van der Waals surface area contributed by atoms with Gasteiger partial charge in [-0.1, -0.05) is 62.6 Å². The van der Waals surface area contributed by atoms with Crippen molar-refractivity contribution >= 4 is 23.2 Å². The topological polar surface area (TPSA) is 46.2 Å². The predicted octanol–water partition coefficient (Wildman–Crippen LogP) is 3.93. The minimum absolute atomic E-state index is 0.0223. The number of hydrogen-bond donors (Lipinski definition) is 1. The van der Waals surface area contributed by atoms with E-state index in [2.05, 4.69) is 19.2 Å². The fourth-order valence-electron chi connectivity index (χ4n) is 3.45. The van der Waals surface area contributed by atoms with E-state index in [9.17, 15) is 9.59 Å². The molecular weight excluding hydrogens is 298 g/mol. The van der Waals surface area contributed by atoms with Crippen LogP contribution in [0.5, 0.6) is 0 Å². The summed E-state index contributed by atoms with van der Waals surface area (Å²) >= 11 is 6.21. The van der Waals surface area contributed by atoms with Gasteiger partial charge in [0.05, 0.1) is 0 Å². The Kier molecular flexibility index (Phi) is 4.09. The molecule has 0 aromatic heterocycles. The van der Waals surface area contributed by atoms with Gasteiger partial charge in [-0.25, -0.2) is 0 Å². The van der Waals surface area contributed by atoms with Gasteiger partial charge in [0.25, 0.3) is 0 Å². The second-order valence-corrected chi connectivity index (χ2v) is 6.79. The van der Waals surface area contributed by atoms with Gasteiger partial charge in [0.15, 0.2) is 0 Å². The van der Waals surface area contributed by atoms with Gasteiger partial charge in [-0.05, 0) is 18.3 Å². The molecule has 0 heterocycles. The van der Waals surface area contributed by atoms with E-state index in [0.29, 0.717) is 23.0 Å². The fourth-order valence-corrected chi connectivity index (χ4v) is 3.69. The smallest absolute Gasteiger partial charge is 0.211 e. The van der Waals surface area contributed by atoms with Gasteiger partial charge in [-0.3, -0.25) is 9.59 Å². The number of rotatable bonds is 2. The molecule has 3 rings (SSSR count). The van der Waals surface area contributed by atoms with Crippen LogP contribution in [-0.4, -0.2) is 17.6 Å². The Bertz CT molecular complexity index is 665. The number of allylic oxidation sites excluding steroid dienone is 2. The fraction of sp³-hybridized carbons (Fsp3) is 0.444. The monoisotopic (exact) mass is 317 g/mol. The quantitative estimate of drug-likeness (QED) is 0.899. The summed E-state index contributed by atoms with van der Waals surface area (Å²) in [5.74, 6) is 0.611. The molecule has 2 aliphatic carbocycles. The van der Waals surface area contributed by atoms with Crippen molar-refractivity contribution in [1.82, 2.24) is 5.32 Å². The molecule has 116 valence electrons. The average molecular weight is 318 g/mol. The minimum atomic E-state index is -0.268. The molecule has 0 radical (unpaired) electrons. The third-order valence-electron chi connectivity index (χ3n) is 5.10. The molecule has 2 aliphatic rings. The standard InChI is InChI=1S/C18H20ClNO2/c1-10-6-5-9-14(11(10)2)20-16-15(19)17(21)12-7-3-4-8-13(12)18(16)22/h3-4,7-8,10-11,14,20H,5-6,9H2,1-2H3/t10-,11-,14+/m1/s1. The summed E-state index contributed by atoms with van der Waals surface area (Å²) < 4.78 is 0. The van der Waals surface area contributed by atoms with Gasteiger partial charge in [0.1, 0.15) is 10.7 Å². The average Bonchev–Trinajstić information content (AvgIpc) is 2.53. The third-order valence-corrected chi connectivity index (χ3v) is 5.46. The maximum atomic E-state index is 12.7. The van der Waals surface area contributed by atoms with Crippen LogP contribution in [0.3, 0.4) is 0 Å². The van der Waals surface area contributed by atoms with Crippen molar-refractivity contribution in [3.05, 3.63) is 46.1 Å². The number of nitrogens with one attached hydrogen (secondary N) is 1. The number of carbonyl (C=O) groups is 2. The normalized spacial score (nSPS) is 28.6. The molecule has 22 heavy (non-hydrogen) atoms. The molecule has 1 aromatic carbocycles. The maximum Gasteiger partial charge on any atom is 0.211 e. The lowest BCUT2D eigenvalue weighted by Gasteiger charge is -2.36. The summed E-state index contributed by atoms with van der Waals surface area (Å²) in [6.45, 7) is 4.43. The van der Waals surface area contributed by atoms with E-state index < -0.39 is 0 Å². The molecule has 0 spiro atoms. The molecule has 0 aliphatic heterocycles. The molecule has 1 N–H and O–H groups in total. The molecule has 4 heteroatoms. The van der Waals surface area contributed by atoms with Gasteiger partial charge in [-0.2, -0.15) is 0 Å². The highest BCUT2D eigenvalue weighted by Gasteiger charge is 2.34. The first-order valence-corrected chi connectivity index (χ1v) is 8.23. The highest BCUT2D eigenvalue weighted by Crippen LogP contribution is 2.33. The number of ketones is 2. The Morgan fingerprint density at radius 1 is 1.05 bits per heavy atom. The van der Waals surface area contributed by atoms with E-state index in [1.165, 1.54) is 6.42 Å². The number of halogens is 1. The highest BCUT2D eigenvalue weighted by molar-refractivity contribution is 6.49. The molecule has 1 saturated carbocycles. The molecule has 0 saturated heterocycles. The number of benzene rings is 1. The van der Waals surface area contributed by atoms with Crippen LogP contribution in [0.1, 0.15) is 53.8 Å². The van der Waals surface area contributed by atoms with Crippen LogP contribution in [0.15, 0.2) is 35.0 Å². The molecule has 0 amide bonds.